The topological polar surface area (TPSA) is 88.3 Å². The third-order valence-electron chi connectivity index (χ3n) is 3.14. The molecule has 1 aromatic rings. The van der Waals surface area contributed by atoms with Gasteiger partial charge in [0.2, 0.25) is 10.0 Å². The summed E-state index contributed by atoms with van der Waals surface area (Å²) in [5, 5.41) is 6.98. The number of sulfonamides is 1. The van der Waals surface area contributed by atoms with Crippen LogP contribution < -0.4 is 5.32 Å². The second-order valence-corrected chi connectivity index (χ2v) is 7.20. The van der Waals surface area contributed by atoms with Crippen LogP contribution in [0.1, 0.15) is 38.4 Å². The molecule has 1 saturated heterocycles. The lowest BCUT2D eigenvalue weighted by molar-refractivity contribution is 0.322. The molecule has 1 N–H and O–H groups in total. The van der Waals surface area contributed by atoms with Crippen LogP contribution >= 0.6 is 0 Å². The van der Waals surface area contributed by atoms with Crippen LogP contribution in [0.4, 0.5) is 6.01 Å². The fourth-order valence-corrected chi connectivity index (χ4v) is 2.98. The highest BCUT2D eigenvalue weighted by Gasteiger charge is 2.26. The Balaban J connectivity index is 1.98. The van der Waals surface area contributed by atoms with Crippen molar-refractivity contribution in [2.24, 2.45) is 0 Å². The van der Waals surface area contributed by atoms with Gasteiger partial charge >= 0.3 is 6.01 Å². The van der Waals surface area contributed by atoms with E-state index in [0.717, 1.165) is 12.8 Å². The molecule has 1 unspecified atom stereocenters. The molecule has 1 aliphatic heterocycles. The predicted molar refractivity (Wildman–Crippen MR) is 71.4 cm³/mol. The zero-order valence-electron chi connectivity index (χ0n) is 11.5. The van der Waals surface area contributed by atoms with Crippen molar-refractivity contribution < 1.29 is 12.9 Å². The number of rotatable bonds is 4. The van der Waals surface area contributed by atoms with E-state index in [0.29, 0.717) is 24.9 Å². The molecule has 19 heavy (non-hydrogen) atoms. The summed E-state index contributed by atoms with van der Waals surface area (Å²) in [5.41, 5.74) is 0. The molecule has 2 rings (SSSR count). The molecule has 8 heteroatoms. The van der Waals surface area contributed by atoms with Crippen LogP contribution in [-0.2, 0) is 10.0 Å². The summed E-state index contributed by atoms with van der Waals surface area (Å²) in [6.07, 6.45) is 2.96. The molecule has 1 aliphatic rings. The van der Waals surface area contributed by atoms with Crippen molar-refractivity contribution in [1.82, 2.24) is 14.4 Å². The molecule has 0 aromatic carbocycles. The normalized spacial score (nSPS) is 21.8. The third kappa shape index (κ3) is 3.66. The Morgan fingerprint density at radius 2 is 2.21 bits per heavy atom. The van der Waals surface area contributed by atoms with Crippen molar-refractivity contribution in [3.63, 3.8) is 0 Å². The summed E-state index contributed by atoms with van der Waals surface area (Å²) in [5.74, 6) is 0.858. The van der Waals surface area contributed by atoms with Crippen LogP contribution in [0.15, 0.2) is 4.52 Å². The third-order valence-corrected chi connectivity index (χ3v) is 4.41. The quantitative estimate of drug-likeness (QED) is 0.890. The molecule has 1 aromatic heterocycles. The monoisotopic (exact) mass is 288 g/mol. The number of hydrogen-bond donors (Lipinski definition) is 1. The van der Waals surface area contributed by atoms with E-state index in [1.807, 2.05) is 13.8 Å². The molecule has 0 saturated carbocycles. The first-order chi connectivity index (χ1) is 8.86. The Hall–Kier alpha value is -1.15. The van der Waals surface area contributed by atoms with Gasteiger partial charge in [0.1, 0.15) is 0 Å². The highest BCUT2D eigenvalue weighted by Crippen LogP contribution is 2.18. The van der Waals surface area contributed by atoms with Gasteiger partial charge in [-0.1, -0.05) is 19.0 Å². The first-order valence-electron chi connectivity index (χ1n) is 6.41. The van der Waals surface area contributed by atoms with Crippen LogP contribution in [-0.4, -0.2) is 48.3 Å². The molecule has 7 nitrogen and oxygen atoms in total. The van der Waals surface area contributed by atoms with E-state index in [-0.39, 0.29) is 12.0 Å². The lowest BCUT2D eigenvalue weighted by Gasteiger charge is -2.30. The van der Waals surface area contributed by atoms with E-state index in [1.165, 1.54) is 10.6 Å². The summed E-state index contributed by atoms with van der Waals surface area (Å²) in [6.45, 7) is 5.00. The summed E-state index contributed by atoms with van der Waals surface area (Å²) in [7, 11) is -3.13. The number of hydrogen-bond acceptors (Lipinski definition) is 6. The fraction of sp³-hybridized carbons (Fsp3) is 0.818. The number of nitrogens with one attached hydrogen (secondary N) is 1. The van der Waals surface area contributed by atoms with E-state index < -0.39 is 10.0 Å². The van der Waals surface area contributed by atoms with Crippen molar-refractivity contribution in [3.8, 4) is 0 Å². The average molecular weight is 288 g/mol. The Morgan fingerprint density at radius 3 is 2.79 bits per heavy atom. The molecule has 0 bridgehead atoms. The largest absolute Gasteiger partial charge is 0.334 e. The number of nitrogens with zero attached hydrogens (tertiary/aromatic N) is 3. The van der Waals surface area contributed by atoms with Gasteiger partial charge in [0.05, 0.1) is 6.26 Å². The molecular formula is C11H20N4O3S. The van der Waals surface area contributed by atoms with Crippen molar-refractivity contribution >= 4 is 16.0 Å². The van der Waals surface area contributed by atoms with E-state index in [1.54, 1.807) is 0 Å². The Bertz CT molecular complexity index is 526. The van der Waals surface area contributed by atoms with Crippen molar-refractivity contribution in [2.45, 2.75) is 38.6 Å². The first kappa shape index (κ1) is 14.3. The second kappa shape index (κ2) is 5.46. The minimum atomic E-state index is -3.13. The lowest BCUT2D eigenvalue weighted by Crippen LogP contribution is -2.44. The molecule has 2 heterocycles. The maximum absolute atomic E-state index is 11.5. The zero-order chi connectivity index (χ0) is 14.0. The van der Waals surface area contributed by atoms with E-state index in [9.17, 15) is 8.42 Å². The molecule has 1 fully saturated rings. The SMILES string of the molecule is CC(C)c1noc(NC2CCCN(S(C)(=O)=O)C2)n1. The van der Waals surface area contributed by atoms with Gasteiger partial charge < -0.3 is 9.84 Å². The van der Waals surface area contributed by atoms with Crippen LogP contribution in [0.25, 0.3) is 0 Å². The summed E-state index contributed by atoms with van der Waals surface area (Å²) < 4.78 is 29.6. The van der Waals surface area contributed by atoms with Crippen molar-refractivity contribution in [1.29, 1.82) is 0 Å². The zero-order valence-corrected chi connectivity index (χ0v) is 12.3. The summed E-state index contributed by atoms with van der Waals surface area (Å²) in [6, 6.07) is 0.382. The van der Waals surface area contributed by atoms with Crippen molar-refractivity contribution in [3.05, 3.63) is 5.82 Å². The highest BCUT2D eigenvalue weighted by atomic mass is 32.2. The van der Waals surface area contributed by atoms with Gasteiger partial charge in [-0.2, -0.15) is 4.98 Å². The van der Waals surface area contributed by atoms with Crippen LogP contribution in [0.2, 0.25) is 0 Å². The summed E-state index contributed by atoms with van der Waals surface area (Å²) >= 11 is 0. The smallest absolute Gasteiger partial charge is 0.321 e. The van der Waals surface area contributed by atoms with E-state index in [4.69, 9.17) is 4.52 Å². The van der Waals surface area contributed by atoms with Gasteiger partial charge in [-0.15, -0.1) is 0 Å². The maximum Gasteiger partial charge on any atom is 0.321 e. The molecule has 0 amide bonds. The van der Waals surface area contributed by atoms with E-state index >= 15 is 0 Å². The van der Waals surface area contributed by atoms with Crippen LogP contribution in [0.5, 0.6) is 0 Å². The standard InChI is InChI=1S/C11H20N4O3S/c1-8(2)10-13-11(18-14-10)12-9-5-4-6-15(7-9)19(3,16)17/h8-9H,4-7H2,1-3H3,(H,12,13,14). The second-order valence-electron chi connectivity index (χ2n) is 5.22. The lowest BCUT2D eigenvalue weighted by atomic mass is 10.1. The molecule has 0 spiro atoms. The Labute approximate surface area is 113 Å². The minimum absolute atomic E-state index is 0.0175. The molecule has 108 valence electrons. The van der Waals surface area contributed by atoms with Gasteiger partial charge in [-0.05, 0) is 12.8 Å². The molecular weight excluding hydrogens is 268 g/mol. The molecule has 0 radical (unpaired) electrons. The maximum atomic E-state index is 11.5. The first-order valence-corrected chi connectivity index (χ1v) is 8.26. The van der Waals surface area contributed by atoms with Crippen LogP contribution in [0.3, 0.4) is 0 Å². The number of piperidine rings is 1. The highest BCUT2D eigenvalue weighted by molar-refractivity contribution is 7.88. The number of anilines is 1. The molecule has 1 atom stereocenters. The Morgan fingerprint density at radius 1 is 1.47 bits per heavy atom. The minimum Gasteiger partial charge on any atom is -0.334 e. The molecule has 0 aliphatic carbocycles. The van der Waals surface area contributed by atoms with Gasteiger partial charge in [0, 0.05) is 25.0 Å². The van der Waals surface area contributed by atoms with Crippen molar-refractivity contribution in [2.75, 3.05) is 24.7 Å². The van der Waals surface area contributed by atoms with Gasteiger partial charge in [-0.25, -0.2) is 12.7 Å². The van der Waals surface area contributed by atoms with Gasteiger partial charge in [0.25, 0.3) is 0 Å². The fourth-order valence-electron chi connectivity index (χ4n) is 2.06. The average Bonchev–Trinajstić information content (AvgIpc) is 2.77. The number of aromatic nitrogens is 2. The van der Waals surface area contributed by atoms with Gasteiger partial charge in [0.15, 0.2) is 5.82 Å². The van der Waals surface area contributed by atoms with Crippen LogP contribution in [0, 0.1) is 0 Å². The van der Waals surface area contributed by atoms with Gasteiger partial charge in [-0.3, -0.25) is 0 Å². The summed E-state index contributed by atoms with van der Waals surface area (Å²) in [4.78, 5) is 4.23. The Kier molecular flexibility index (Phi) is 4.10. The predicted octanol–water partition coefficient (Wildman–Crippen LogP) is 1.03. The van der Waals surface area contributed by atoms with E-state index in [2.05, 4.69) is 15.5 Å².